The lowest BCUT2D eigenvalue weighted by Crippen LogP contribution is -2.47. The van der Waals surface area contributed by atoms with Crippen molar-refractivity contribution in [2.24, 2.45) is 5.92 Å². The second kappa shape index (κ2) is 10.7. The summed E-state index contributed by atoms with van der Waals surface area (Å²) in [5, 5.41) is 15.9. The number of carbonyl (C=O) groups is 2. The van der Waals surface area contributed by atoms with Crippen LogP contribution in [0, 0.1) is 5.92 Å². The largest absolute Gasteiger partial charge is 0.487 e. The molecule has 3 aliphatic heterocycles. The smallest absolute Gasteiger partial charge is 0.227 e. The molecule has 3 aliphatic rings. The van der Waals surface area contributed by atoms with E-state index >= 15 is 0 Å². The number of carbonyl (C=O) groups excluding carboxylic acids is 2. The van der Waals surface area contributed by atoms with E-state index in [0.717, 1.165) is 35.4 Å². The number of nitrogens with zero attached hydrogens (tertiary/aromatic N) is 1. The number of nitrogens with one attached hydrogen (secondary N) is 2. The molecule has 1 aromatic heterocycles. The third kappa shape index (κ3) is 5.47. The Morgan fingerprint density at radius 3 is 2.69 bits per heavy atom. The molecule has 3 N–H and O–H groups in total. The first-order valence-corrected chi connectivity index (χ1v) is 12.2. The monoisotopic (exact) mass is 481 g/mol. The van der Waals surface area contributed by atoms with E-state index in [-0.39, 0.29) is 48.9 Å². The minimum absolute atomic E-state index is 0.00710. The minimum atomic E-state index is -0.528. The molecule has 0 radical (unpaired) electrons. The average molecular weight is 482 g/mol. The first kappa shape index (κ1) is 23.7. The second-order valence-corrected chi connectivity index (χ2v) is 9.37. The summed E-state index contributed by atoms with van der Waals surface area (Å²) in [7, 11) is 0. The Morgan fingerprint density at radius 2 is 1.91 bits per heavy atom. The van der Waals surface area contributed by atoms with Crippen molar-refractivity contribution in [1.29, 1.82) is 0 Å². The molecule has 0 saturated carbocycles. The van der Waals surface area contributed by atoms with Crippen LogP contribution in [0.25, 0.3) is 0 Å². The maximum Gasteiger partial charge on any atom is 0.227 e. The molecular weight excluding hydrogens is 450 g/mol. The van der Waals surface area contributed by atoms with Crippen molar-refractivity contribution in [1.82, 2.24) is 10.3 Å². The van der Waals surface area contributed by atoms with Gasteiger partial charge in [-0.3, -0.25) is 14.6 Å². The molecule has 9 heteroatoms. The molecule has 0 unspecified atom stereocenters. The van der Waals surface area contributed by atoms with Gasteiger partial charge in [0, 0.05) is 55.2 Å². The first-order valence-electron chi connectivity index (χ1n) is 12.2. The number of aliphatic hydroxyl groups is 1. The van der Waals surface area contributed by atoms with Gasteiger partial charge >= 0.3 is 0 Å². The van der Waals surface area contributed by atoms with Gasteiger partial charge in [0.1, 0.15) is 18.0 Å². The summed E-state index contributed by atoms with van der Waals surface area (Å²) in [6.45, 7) is 1.45. The van der Waals surface area contributed by atoms with Crippen molar-refractivity contribution >= 4 is 17.5 Å². The van der Waals surface area contributed by atoms with Gasteiger partial charge in [-0.1, -0.05) is 0 Å². The zero-order valence-electron chi connectivity index (χ0n) is 19.5. The fourth-order valence-electron chi connectivity index (χ4n) is 5.15. The van der Waals surface area contributed by atoms with Crippen LogP contribution in [0.5, 0.6) is 5.75 Å². The predicted molar refractivity (Wildman–Crippen MR) is 127 cm³/mol. The second-order valence-electron chi connectivity index (χ2n) is 9.37. The van der Waals surface area contributed by atoms with Crippen LogP contribution >= 0.6 is 0 Å². The maximum absolute atomic E-state index is 12.7. The zero-order chi connectivity index (χ0) is 24.2. The molecule has 0 spiro atoms. The number of anilines is 1. The molecule has 4 atom stereocenters. The average Bonchev–Trinajstić information content (AvgIpc) is 3.26. The number of aliphatic hydroxyl groups excluding tert-OH is 1. The Hall–Kier alpha value is -3.01. The molecule has 35 heavy (non-hydrogen) atoms. The standard InChI is InChI=1S/C26H31N3O6/c30-15-23-25-21(12-19(34-23)13-24(31)28-14-16-3-7-27-8-4-16)20-11-18(1-2-22(20)35-25)29-26(32)17-5-9-33-10-6-17/h1-4,7-8,11,17,19,21,23,25,30H,5-6,9-10,12-15H2,(H,28,31)(H,29,32)/t19-,21-,23-,25+/m1/s1. The summed E-state index contributed by atoms with van der Waals surface area (Å²) < 4.78 is 17.5. The number of hydrogen-bond donors (Lipinski definition) is 3. The highest BCUT2D eigenvalue weighted by Gasteiger charge is 2.46. The predicted octanol–water partition coefficient (Wildman–Crippen LogP) is 2.15. The number of fused-ring (bicyclic) bond motifs is 3. The number of pyridine rings is 1. The van der Waals surface area contributed by atoms with Crippen molar-refractivity contribution in [3.05, 3.63) is 53.9 Å². The van der Waals surface area contributed by atoms with Crippen LogP contribution in [0.15, 0.2) is 42.7 Å². The van der Waals surface area contributed by atoms with Gasteiger partial charge in [-0.25, -0.2) is 0 Å². The van der Waals surface area contributed by atoms with E-state index < -0.39 is 6.10 Å². The molecule has 5 rings (SSSR count). The molecule has 9 nitrogen and oxygen atoms in total. The summed E-state index contributed by atoms with van der Waals surface area (Å²) in [4.78, 5) is 29.3. The number of amides is 2. The van der Waals surface area contributed by atoms with Gasteiger partial charge in [-0.15, -0.1) is 0 Å². The Morgan fingerprint density at radius 1 is 1.11 bits per heavy atom. The van der Waals surface area contributed by atoms with Crippen LogP contribution in [0.2, 0.25) is 0 Å². The van der Waals surface area contributed by atoms with E-state index in [0.29, 0.717) is 26.2 Å². The number of benzene rings is 1. The molecule has 2 aromatic rings. The topological polar surface area (TPSA) is 119 Å². The Bertz CT molecular complexity index is 1040. The van der Waals surface area contributed by atoms with E-state index in [9.17, 15) is 14.7 Å². The SMILES string of the molecule is O=C(C[C@H]1C[C@@H]2c3cc(NC(=O)C4CCOCC4)ccc3O[C@@H]2[C@@H](CO)O1)NCc1ccncc1. The van der Waals surface area contributed by atoms with E-state index in [2.05, 4.69) is 15.6 Å². The van der Waals surface area contributed by atoms with Gasteiger partial charge in [-0.2, -0.15) is 0 Å². The molecule has 186 valence electrons. The first-order chi connectivity index (χ1) is 17.1. The van der Waals surface area contributed by atoms with Gasteiger partial charge in [0.25, 0.3) is 0 Å². The van der Waals surface area contributed by atoms with Gasteiger partial charge in [0.05, 0.1) is 19.1 Å². The molecule has 2 amide bonds. The van der Waals surface area contributed by atoms with Crippen LogP contribution in [-0.4, -0.2) is 60.0 Å². The van der Waals surface area contributed by atoms with Gasteiger partial charge in [0.2, 0.25) is 11.8 Å². The Kier molecular flexibility index (Phi) is 7.26. The Balaban J connectivity index is 1.24. The van der Waals surface area contributed by atoms with E-state index in [1.165, 1.54) is 0 Å². The number of aromatic nitrogens is 1. The van der Waals surface area contributed by atoms with Crippen molar-refractivity contribution in [2.75, 3.05) is 25.1 Å². The summed E-state index contributed by atoms with van der Waals surface area (Å²) in [5.74, 6) is 0.548. The van der Waals surface area contributed by atoms with E-state index in [1.54, 1.807) is 12.4 Å². The van der Waals surface area contributed by atoms with E-state index in [1.807, 2.05) is 30.3 Å². The number of hydrogen-bond acceptors (Lipinski definition) is 7. The molecule has 0 bridgehead atoms. The highest BCUT2D eigenvalue weighted by molar-refractivity contribution is 5.92. The van der Waals surface area contributed by atoms with Crippen LogP contribution in [0.1, 0.15) is 42.7 Å². The lowest BCUT2D eigenvalue weighted by Gasteiger charge is -2.37. The maximum atomic E-state index is 12.7. The van der Waals surface area contributed by atoms with Crippen LogP contribution in [0.3, 0.4) is 0 Å². The molecule has 2 fully saturated rings. The van der Waals surface area contributed by atoms with E-state index in [4.69, 9.17) is 14.2 Å². The normalized spacial score (nSPS) is 25.7. The number of ether oxygens (including phenoxy) is 3. The fourth-order valence-corrected chi connectivity index (χ4v) is 5.15. The third-order valence-corrected chi connectivity index (χ3v) is 7.01. The van der Waals surface area contributed by atoms with Gasteiger partial charge in [0.15, 0.2) is 0 Å². The molecule has 4 heterocycles. The number of rotatable bonds is 7. The molecule has 0 aliphatic carbocycles. The van der Waals surface area contributed by atoms with Crippen molar-refractivity contribution in [3.63, 3.8) is 0 Å². The molecule has 2 saturated heterocycles. The quantitative estimate of drug-likeness (QED) is 0.554. The minimum Gasteiger partial charge on any atom is -0.487 e. The van der Waals surface area contributed by atoms with Crippen LogP contribution in [0.4, 0.5) is 5.69 Å². The molecular formula is C26H31N3O6. The lowest BCUT2D eigenvalue weighted by atomic mass is 9.84. The van der Waals surface area contributed by atoms with Crippen molar-refractivity contribution in [3.8, 4) is 5.75 Å². The van der Waals surface area contributed by atoms with Gasteiger partial charge in [-0.05, 0) is 55.2 Å². The highest BCUT2D eigenvalue weighted by atomic mass is 16.6. The van der Waals surface area contributed by atoms with Crippen LogP contribution in [-0.2, 0) is 25.6 Å². The van der Waals surface area contributed by atoms with Crippen molar-refractivity contribution in [2.45, 2.75) is 56.5 Å². The summed E-state index contributed by atoms with van der Waals surface area (Å²) in [6.07, 6.45) is 4.42. The summed E-state index contributed by atoms with van der Waals surface area (Å²) in [5.41, 5.74) is 2.67. The molecule has 1 aromatic carbocycles. The zero-order valence-corrected chi connectivity index (χ0v) is 19.5. The Labute approximate surface area is 204 Å². The third-order valence-electron chi connectivity index (χ3n) is 7.01. The summed E-state index contributed by atoms with van der Waals surface area (Å²) in [6, 6.07) is 9.37. The van der Waals surface area contributed by atoms with Gasteiger partial charge < -0.3 is 30.0 Å². The highest BCUT2D eigenvalue weighted by Crippen LogP contribution is 2.47. The fraction of sp³-hybridized carbons (Fsp3) is 0.500. The lowest BCUT2D eigenvalue weighted by molar-refractivity contribution is -0.142. The van der Waals surface area contributed by atoms with Crippen molar-refractivity contribution < 1.29 is 28.9 Å². The summed E-state index contributed by atoms with van der Waals surface area (Å²) >= 11 is 0. The van der Waals surface area contributed by atoms with Crippen LogP contribution < -0.4 is 15.4 Å².